The Kier molecular flexibility index (Phi) is 11.2. The van der Waals surface area contributed by atoms with Crippen molar-refractivity contribution in [2.45, 2.75) is 91.1 Å². The number of esters is 1. The molecular formula is C30H47NO5Si. The van der Waals surface area contributed by atoms with Crippen molar-refractivity contribution in [3.8, 4) is 5.75 Å². The molecule has 0 bridgehead atoms. The van der Waals surface area contributed by atoms with Gasteiger partial charge in [0.1, 0.15) is 5.75 Å². The Morgan fingerprint density at radius 1 is 1.14 bits per heavy atom. The molecule has 1 unspecified atom stereocenters. The zero-order valence-electron chi connectivity index (χ0n) is 24.3. The normalized spacial score (nSPS) is 18.2. The Morgan fingerprint density at radius 2 is 1.78 bits per heavy atom. The van der Waals surface area contributed by atoms with E-state index in [1.165, 1.54) is 11.6 Å². The number of ketones is 1. The van der Waals surface area contributed by atoms with Crippen molar-refractivity contribution in [3.05, 3.63) is 53.8 Å². The summed E-state index contributed by atoms with van der Waals surface area (Å²) in [7, 11) is -0.458. The fourth-order valence-corrected chi connectivity index (χ4v) is 5.63. The average Bonchev–Trinajstić information content (AvgIpc) is 3.28. The van der Waals surface area contributed by atoms with Crippen LogP contribution in [-0.2, 0) is 18.8 Å². The summed E-state index contributed by atoms with van der Waals surface area (Å²) in [6, 6.07) is 8.30. The maximum absolute atomic E-state index is 13.2. The molecule has 37 heavy (non-hydrogen) atoms. The number of carbonyl (C=O) groups is 2. The van der Waals surface area contributed by atoms with Gasteiger partial charge in [-0.15, -0.1) is 0 Å². The standard InChI is InChI=1S/C30H47NO5Si/c1-10-35-29(33)18-17-28(36-37(8,9)30(4,5)6)22(2)20-26(32)21-25-12-11-19-31(25)23(3)24-13-15-27(34-7)16-14-24/h13-18,21-23,28H,10-12,19-20H2,1-9H3/b18-17+,25-21+/t22-,23?,28+/m0/s1. The van der Waals surface area contributed by atoms with Crippen molar-refractivity contribution in [2.75, 3.05) is 20.3 Å². The minimum atomic E-state index is -2.13. The van der Waals surface area contributed by atoms with Crippen molar-refractivity contribution in [3.63, 3.8) is 0 Å². The zero-order valence-corrected chi connectivity index (χ0v) is 25.3. The third-order valence-electron chi connectivity index (χ3n) is 7.62. The van der Waals surface area contributed by atoms with Crippen LogP contribution < -0.4 is 4.74 Å². The topological polar surface area (TPSA) is 65.1 Å². The number of ether oxygens (including phenoxy) is 2. The van der Waals surface area contributed by atoms with Crippen LogP contribution in [0.2, 0.25) is 18.1 Å². The van der Waals surface area contributed by atoms with Gasteiger partial charge in [-0.2, -0.15) is 0 Å². The lowest BCUT2D eigenvalue weighted by molar-refractivity contribution is -0.137. The van der Waals surface area contributed by atoms with Gasteiger partial charge in [0.2, 0.25) is 0 Å². The first kappa shape index (κ1) is 30.8. The van der Waals surface area contributed by atoms with Crippen LogP contribution in [0.15, 0.2) is 48.2 Å². The van der Waals surface area contributed by atoms with E-state index in [2.05, 4.69) is 57.8 Å². The molecule has 1 aromatic rings. The SMILES string of the molecule is CCOC(=O)/C=C/[C@@H](O[Si](C)(C)C(C)(C)C)[C@@H](C)CC(=O)/C=C1\CCCN1C(C)c1ccc(OC)cc1. The third kappa shape index (κ3) is 8.85. The summed E-state index contributed by atoms with van der Waals surface area (Å²) in [5.74, 6) is 0.451. The largest absolute Gasteiger partial charge is 0.497 e. The molecule has 0 aromatic heterocycles. The van der Waals surface area contributed by atoms with Gasteiger partial charge in [0, 0.05) is 30.8 Å². The number of hydrogen-bond acceptors (Lipinski definition) is 6. The smallest absolute Gasteiger partial charge is 0.330 e. The molecule has 6 nitrogen and oxygen atoms in total. The fourth-order valence-electron chi connectivity index (χ4n) is 4.28. The van der Waals surface area contributed by atoms with E-state index in [1.807, 2.05) is 25.1 Å². The maximum Gasteiger partial charge on any atom is 0.330 e. The predicted molar refractivity (Wildman–Crippen MR) is 152 cm³/mol. The van der Waals surface area contributed by atoms with Gasteiger partial charge < -0.3 is 18.8 Å². The lowest BCUT2D eigenvalue weighted by atomic mass is 9.97. The van der Waals surface area contributed by atoms with E-state index in [0.29, 0.717) is 13.0 Å². The lowest BCUT2D eigenvalue weighted by Crippen LogP contribution is -2.45. The minimum absolute atomic E-state index is 0.0106. The second kappa shape index (κ2) is 13.4. The van der Waals surface area contributed by atoms with Gasteiger partial charge in [0.05, 0.1) is 25.9 Å². The molecule has 0 N–H and O–H groups in total. The van der Waals surface area contributed by atoms with E-state index in [9.17, 15) is 9.59 Å². The molecule has 0 spiro atoms. The van der Waals surface area contributed by atoms with Crippen LogP contribution in [-0.4, -0.2) is 51.3 Å². The number of nitrogens with zero attached hydrogens (tertiary/aromatic N) is 1. The quantitative estimate of drug-likeness (QED) is 0.168. The molecule has 206 valence electrons. The molecular weight excluding hydrogens is 482 g/mol. The molecule has 0 radical (unpaired) electrons. The molecule has 1 aliphatic rings. The maximum atomic E-state index is 13.2. The minimum Gasteiger partial charge on any atom is -0.497 e. The Labute approximate surface area is 225 Å². The molecule has 1 heterocycles. The fraction of sp³-hybridized carbons (Fsp3) is 0.600. The van der Waals surface area contributed by atoms with Gasteiger partial charge in [0.25, 0.3) is 0 Å². The van der Waals surface area contributed by atoms with Gasteiger partial charge in [-0.3, -0.25) is 4.79 Å². The molecule has 1 aliphatic heterocycles. The van der Waals surface area contributed by atoms with Gasteiger partial charge in [0.15, 0.2) is 14.1 Å². The van der Waals surface area contributed by atoms with E-state index in [4.69, 9.17) is 13.9 Å². The van der Waals surface area contributed by atoms with E-state index < -0.39 is 8.32 Å². The molecule has 3 atom stereocenters. The molecule has 7 heteroatoms. The first-order valence-electron chi connectivity index (χ1n) is 13.5. The third-order valence-corrected chi connectivity index (χ3v) is 12.1. The van der Waals surface area contributed by atoms with Crippen molar-refractivity contribution >= 4 is 20.1 Å². The molecule has 0 aliphatic carbocycles. The van der Waals surface area contributed by atoms with Crippen LogP contribution in [0, 0.1) is 5.92 Å². The highest BCUT2D eigenvalue weighted by molar-refractivity contribution is 6.74. The van der Waals surface area contributed by atoms with E-state index in [0.717, 1.165) is 30.8 Å². The van der Waals surface area contributed by atoms with Gasteiger partial charge >= 0.3 is 5.97 Å². The van der Waals surface area contributed by atoms with Crippen molar-refractivity contribution in [1.29, 1.82) is 0 Å². The van der Waals surface area contributed by atoms with Crippen LogP contribution in [0.4, 0.5) is 0 Å². The summed E-state index contributed by atoms with van der Waals surface area (Å²) in [4.78, 5) is 27.5. The van der Waals surface area contributed by atoms with Crippen molar-refractivity contribution in [1.82, 2.24) is 4.90 Å². The summed E-state index contributed by atoms with van der Waals surface area (Å²) in [6.07, 6.45) is 6.98. The molecule has 2 rings (SSSR count). The number of allylic oxidation sites excluding steroid dienone is 2. The number of likely N-dealkylation sites (tertiary alicyclic amines) is 1. The second-order valence-corrected chi connectivity index (χ2v) is 16.2. The Balaban J connectivity index is 2.17. The van der Waals surface area contributed by atoms with Crippen LogP contribution in [0.5, 0.6) is 5.75 Å². The molecule has 0 saturated carbocycles. The highest BCUT2D eigenvalue weighted by Gasteiger charge is 2.40. The van der Waals surface area contributed by atoms with Crippen molar-refractivity contribution < 1.29 is 23.5 Å². The summed E-state index contributed by atoms with van der Waals surface area (Å²) in [5.41, 5.74) is 2.28. The zero-order chi connectivity index (χ0) is 27.8. The van der Waals surface area contributed by atoms with Crippen LogP contribution in [0.25, 0.3) is 0 Å². The first-order chi connectivity index (χ1) is 17.3. The molecule has 1 aromatic carbocycles. The van der Waals surface area contributed by atoms with Crippen molar-refractivity contribution in [2.24, 2.45) is 5.92 Å². The van der Waals surface area contributed by atoms with Crippen LogP contribution in [0.1, 0.15) is 72.4 Å². The van der Waals surface area contributed by atoms with E-state index in [1.54, 1.807) is 20.1 Å². The van der Waals surface area contributed by atoms with E-state index >= 15 is 0 Å². The van der Waals surface area contributed by atoms with Gasteiger partial charge in [-0.1, -0.05) is 39.8 Å². The Bertz CT molecular complexity index is 961. The molecule has 1 fully saturated rings. The number of benzene rings is 1. The second-order valence-electron chi connectivity index (χ2n) is 11.5. The number of hydrogen-bond donors (Lipinski definition) is 0. The highest BCUT2D eigenvalue weighted by atomic mass is 28.4. The molecule has 1 saturated heterocycles. The summed E-state index contributed by atoms with van der Waals surface area (Å²) >= 11 is 0. The lowest BCUT2D eigenvalue weighted by Gasteiger charge is -2.40. The monoisotopic (exact) mass is 529 g/mol. The Morgan fingerprint density at radius 3 is 2.35 bits per heavy atom. The molecule has 0 amide bonds. The summed E-state index contributed by atoms with van der Waals surface area (Å²) < 4.78 is 17.0. The first-order valence-corrected chi connectivity index (χ1v) is 16.4. The summed E-state index contributed by atoms with van der Waals surface area (Å²) in [6.45, 7) is 18.2. The van der Waals surface area contributed by atoms with Crippen LogP contribution >= 0.6 is 0 Å². The van der Waals surface area contributed by atoms with Crippen LogP contribution in [0.3, 0.4) is 0 Å². The van der Waals surface area contributed by atoms with Gasteiger partial charge in [-0.25, -0.2) is 4.79 Å². The Hall–Kier alpha value is -2.38. The number of methoxy groups -OCH3 is 1. The average molecular weight is 530 g/mol. The number of carbonyl (C=O) groups excluding carboxylic acids is 2. The number of rotatable bonds is 12. The summed E-state index contributed by atoms with van der Waals surface area (Å²) in [5, 5.41) is 0.0106. The highest BCUT2D eigenvalue weighted by Crippen LogP contribution is 2.39. The van der Waals surface area contributed by atoms with E-state index in [-0.39, 0.29) is 34.9 Å². The predicted octanol–water partition coefficient (Wildman–Crippen LogP) is 6.84. The van der Waals surface area contributed by atoms with Gasteiger partial charge in [-0.05, 0) is 74.5 Å².